The summed E-state index contributed by atoms with van der Waals surface area (Å²) in [6, 6.07) is 7.07. The molecule has 0 spiro atoms. The summed E-state index contributed by atoms with van der Waals surface area (Å²) >= 11 is 5.79. The van der Waals surface area contributed by atoms with Gasteiger partial charge in [0.15, 0.2) is 6.10 Å². The lowest BCUT2D eigenvalue weighted by molar-refractivity contribution is -0.136. The Morgan fingerprint density at radius 1 is 1.50 bits per heavy atom. The van der Waals surface area contributed by atoms with Crippen LogP contribution in [0.2, 0.25) is 5.02 Å². The van der Waals surface area contributed by atoms with E-state index in [-0.39, 0.29) is 11.9 Å². The number of hydrogen-bond donors (Lipinski definition) is 1. The molecule has 0 aliphatic carbocycles. The fraction of sp³-hybridized carbons (Fsp3) is 0.462. The Morgan fingerprint density at radius 2 is 2.17 bits per heavy atom. The van der Waals surface area contributed by atoms with Crippen molar-refractivity contribution in [1.29, 1.82) is 0 Å². The van der Waals surface area contributed by atoms with Crippen molar-refractivity contribution in [2.45, 2.75) is 25.5 Å². The lowest BCUT2D eigenvalue weighted by atomic mass is 10.3. The molecular weight excluding hydrogens is 252 g/mol. The molecule has 1 fully saturated rings. The van der Waals surface area contributed by atoms with Crippen molar-refractivity contribution in [2.75, 3.05) is 13.1 Å². The Hall–Kier alpha value is -1.26. The minimum atomic E-state index is -0.503. The number of nitrogens with two attached hydrogens (primary N) is 1. The topological polar surface area (TPSA) is 55.6 Å². The normalized spacial score (nSPS) is 20.8. The van der Waals surface area contributed by atoms with E-state index in [2.05, 4.69) is 0 Å². The fourth-order valence-electron chi connectivity index (χ4n) is 2.01. The first kappa shape index (κ1) is 13.2. The number of rotatable bonds is 3. The van der Waals surface area contributed by atoms with Crippen LogP contribution in [0.5, 0.6) is 5.75 Å². The van der Waals surface area contributed by atoms with Crippen LogP contribution < -0.4 is 10.5 Å². The zero-order valence-electron chi connectivity index (χ0n) is 10.3. The summed E-state index contributed by atoms with van der Waals surface area (Å²) in [6.45, 7) is 3.09. The van der Waals surface area contributed by atoms with Gasteiger partial charge in [-0.3, -0.25) is 4.79 Å². The zero-order chi connectivity index (χ0) is 13.1. The molecule has 1 aliphatic rings. The number of carbonyl (C=O) groups excluding carboxylic acids is 1. The van der Waals surface area contributed by atoms with E-state index in [0.717, 1.165) is 6.42 Å². The van der Waals surface area contributed by atoms with E-state index >= 15 is 0 Å². The first-order chi connectivity index (χ1) is 8.56. The van der Waals surface area contributed by atoms with E-state index in [0.29, 0.717) is 23.9 Å². The first-order valence-corrected chi connectivity index (χ1v) is 6.40. The summed E-state index contributed by atoms with van der Waals surface area (Å²) in [5, 5.41) is 0.645. The predicted octanol–water partition coefficient (Wildman–Crippen LogP) is 1.67. The van der Waals surface area contributed by atoms with E-state index in [4.69, 9.17) is 22.1 Å². The van der Waals surface area contributed by atoms with Gasteiger partial charge in [0.05, 0.1) is 0 Å². The van der Waals surface area contributed by atoms with Gasteiger partial charge in [0.2, 0.25) is 0 Å². The molecule has 1 unspecified atom stereocenters. The number of nitrogens with zero attached hydrogens (tertiary/aromatic N) is 1. The number of likely N-dealkylation sites (tertiary alicyclic amines) is 1. The van der Waals surface area contributed by atoms with Crippen molar-refractivity contribution in [2.24, 2.45) is 5.73 Å². The quantitative estimate of drug-likeness (QED) is 0.907. The minimum Gasteiger partial charge on any atom is -0.481 e. The van der Waals surface area contributed by atoms with Gasteiger partial charge in [-0.05, 0) is 37.6 Å². The van der Waals surface area contributed by atoms with Crippen molar-refractivity contribution >= 4 is 17.5 Å². The molecular formula is C13H17ClN2O2. The highest BCUT2D eigenvalue weighted by Gasteiger charge is 2.28. The highest BCUT2D eigenvalue weighted by molar-refractivity contribution is 6.30. The van der Waals surface area contributed by atoms with Gasteiger partial charge in [0, 0.05) is 24.2 Å². The summed E-state index contributed by atoms with van der Waals surface area (Å²) in [5.41, 5.74) is 5.78. The van der Waals surface area contributed by atoms with Gasteiger partial charge in [-0.25, -0.2) is 0 Å². The summed E-state index contributed by atoms with van der Waals surface area (Å²) in [6.07, 6.45) is 0.357. The number of hydrogen-bond acceptors (Lipinski definition) is 3. The molecule has 0 saturated carbocycles. The average Bonchev–Trinajstić information content (AvgIpc) is 2.78. The van der Waals surface area contributed by atoms with Gasteiger partial charge in [-0.1, -0.05) is 11.6 Å². The first-order valence-electron chi connectivity index (χ1n) is 6.03. The van der Waals surface area contributed by atoms with Crippen LogP contribution >= 0.6 is 11.6 Å². The van der Waals surface area contributed by atoms with Gasteiger partial charge < -0.3 is 15.4 Å². The second kappa shape index (κ2) is 5.59. The van der Waals surface area contributed by atoms with E-state index in [1.165, 1.54) is 0 Å². The van der Waals surface area contributed by atoms with Gasteiger partial charge in [0.25, 0.3) is 5.91 Å². The average molecular weight is 269 g/mol. The monoisotopic (exact) mass is 268 g/mol. The van der Waals surface area contributed by atoms with Gasteiger partial charge in [-0.2, -0.15) is 0 Å². The van der Waals surface area contributed by atoms with Crippen molar-refractivity contribution in [3.8, 4) is 5.75 Å². The second-order valence-corrected chi connectivity index (χ2v) is 4.98. The number of amides is 1. The Bertz CT molecular complexity index is 422. The third-order valence-corrected chi connectivity index (χ3v) is 3.26. The number of ether oxygens (including phenoxy) is 1. The standard InChI is InChI=1S/C13H17ClN2O2/c1-9(13(17)16-7-6-11(15)8-16)18-12-4-2-10(14)3-5-12/h2-5,9,11H,6-8,15H2,1H3/t9?,11-/m0/s1. The maximum absolute atomic E-state index is 12.1. The second-order valence-electron chi connectivity index (χ2n) is 4.55. The molecule has 1 heterocycles. The molecule has 2 rings (SSSR count). The smallest absolute Gasteiger partial charge is 0.263 e. The molecule has 1 saturated heterocycles. The van der Waals surface area contributed by atoms with Crippen LogP contribution in [0.3, 0.4) is 0 Å². The number of halogens is 1. The van der Waals surface area contributed by atoms with Gasteiger partial charge >= 0.3 is 0 Å². The highest BCUT2D eigenvalue weighted by atomic mass is 35.5. The lowest BCUT2D eigenvalue weighted by Gasteiger charge is -2.21. The maximum atomic E-state index is 12.1. The molecule has 2 atom stereocenters. The van der Waals surface area contributed by atoms with Crippen LogP contribution in [0, 0.1) is 0 Å². The molecule has 0 radical (unpaired) electrons. The fourth-order valence-corrected chi connectivity index (χ4v) is 2.14. The van der Waals surface area contributed by atoms with Crippen LogP contribution in [-0.2, 0) is 4.79 Å². The molecule has 4 nitrogen and oxygen atoms in total. The Kier molecular flexibility index (Phi) is 4.09. The van der Waals surface area contributed by atoms with Crippen molar-refractivity contribution in [1.82, 2.24) is 4.90 Å². The number of carbonyl (C=O) groups is 1. The molecule has 18 heavy (non-hydrogen) atoms. The molecule has 1 aromatic rings. The lowest BCUT2D eigenvalue weighted by Crippen LogP contribution is -2.40. The largest absolute Gasteiger partial charge is 0.481 e. The summed E-state index contributed by atoms with van der Waals surface area (Å²) < 4.78 is 5.59. The molecule has 1 amide bonds. The SMILES string of the molecule is CC(Oc1ccc(Cl)cc1)C(=O)N1CC[C@H](N)C1. The van der Waals surface area contributed by atoms with Gasteiger partial charge in [0.1, 0.15) is 5.75 Å². The Labute approximate surface area is 112 Å². The van der Waals surface area contributed by atoms with Crippen molar-refractivity contribution < 1.29 is 9.53 Å². The molecule has 98 valence electrons. The Balaban J connectivity index is 1.93. The van der Waals surface area contributed by atoms with Crippen molar-refractivity contribution in [3.05, 3.63) is 29.3 Å². The van der Waals surface area contributed by atoms with Gasteiger partial charge in [-0.15, -0.1) is 0 Å². The van der Waals surface area contributed by atoms with Crippen LogP contribution in [0.15, 0.2) is 24.3 Å². The van der Waals surface area contributed by atoms with Crippen LogP contribution in [-0.4, -0.2) is 36.0 Å². The number of benzene rings is 1. The molecule has 0 aromatic heterocycles. The summed E-state index contributed by atoms with van der Waals surface area (Å²) in [7, 11) is 0. The van der Waals surface area contributed by atoms with Crippen LogP contribution in [0.1, 0.15) is 13.3 Å². The van der Waals surface area contributed by atoms with E-state index in [9.17, 15) is 4.79 Å². The summed E-state index contributed by atoms with van der Waals surface area (Å²) in [4.78, 5) is 13.8. The van der Waals surface area contributed by atoms with Crippen LogP contribution in [0.4, 0.5) is 0 Å². The summed E-state index contributed by atoms with van der Waals surface area (Å²) in [5.74, 6) is 0.627. The maximum Gasteiger partial charge on any atom is 0.263 e. The zero-order valence-corrected chi connectivity index (χ0v) is 11.1. The third kappa shape index (κ3) is 3.15. The minimum absolute atomic E-state index is 0.0158. The molecule has 1 aromatic carbocycles. The van der Waals surface area contributed by atoms with E-state index in [1.807, 2.05) is 0 Å². The molecule has 5 heteroatoms. The van der Waals surface area contributed by atoms with Crippen molar-refractivity contribution in [3.63, 3.8) is 0 Å². The third-order valence-electron chi connectivity index (χ3n) is 3.01. The molecule has 2 N–H and O–H groups in total. The highest BCUT2D eigenvalue weighted by Crippen LogP contribution is 2.18. The van der Waals surface area contributed by atoms with E-state index in [1.54, 1.807) is 36.1 Å². The predicted molar refractivity (Wildman–Crippen MR) is 70.7 cm³/mol. The van der Waals surface area contributed by atoms with Crippen LogP contribution in [0.25, 0.3) is 0 Å². The molecule has 0 bridgehead atoms. The van der Waals surface area contributed by atoms with E-state index < -0.39 is 6.10 Å². The molecule has 1 aliphatic heterocycles. The Morgan fingerprint density at radius 3 is 2.72 bits per heavy atom.